The van der Waals surface area contributed by atoms with Gasteiger partial charge in [0.1, 0.15) is 5.75 Å². The van der Waals surface area contributed by atoms with Crippen molar-refractivity contribution in [2.45, 2.75) is 0 Å². The van der Waals surface area contributed by atoms with Crippen LogP contribution in [0.1, 0.15) is 0 Å². The molecule has 5 heteroatoms. The molecule has 1 N–H and O–H groups in total. The summed E-state index contributed by atoms with van der Waals surface area (Å²) in [6.45, 7) is 0. The van der Waals surface area contributed by atoms with Crippen molar-refractivity contribution in [2.24, 2.45) is 0 Å². The van der Waals surface area contributed by atoms with Crippen molar-refractivity contribution in [1.29, 1.82) is 0 Å². The smallest absolute Gasteiger partial charge is 0.449 e. The van der Waals surface area contributed by atoms with E-state index in [0.29, 0.717) is 16.6 Å². The number of carboxylic acid groups (broad SMARTS) is 1. The Morgan fingerprint density at radius 1 is 1.10 bits per heavy atom. The van der Waals surface area contributed by atoms with Gasteiger partial charge >= 0.3 is 6.16 Å². The van der Waals surface area contributed by atoms with Crippen molar-refractivity contribution in [3.63, 3.8) is 0 Å². The van der Waals surface area contributed by atoms with Crippen LogP contribution in [0, 0.1) is 0 Å². The van der Waals surface area contributed by atoms with Crippen LogP contribution >= 0.6 is 15.9 Å². The Kier molecular flexibility index (Phi) is 3.58. The van der Waals surface area contributed by atoms with E-state index in [0.717, 1.165) is 10.0 Å². The standard InChI is InChI=1S/C16H10BrNO3/c17-11-7-5-10(6-8-11)14-9-15(21-16(19)20)12-3-1-2-4-13(12)18-14/h1-9H,(H,19,20). The fourth-order valence-corrected chi connectivity index (χ4v) is 2.35. The van der Waals surface area contributed by atoms with Crippen LogP contribution in [0.25, 0.3) is 22.2 Å². The third-order valence-electron chi connectivity index (χ3n) is 3.02. The van der Waals surface area contributed by atoms with E-state index in [9.17, 15) is 4.79 Å². The van der Waals surface area contributed by atoms with Crippen LogP contribution in [0.4, 0.5) is 4.79 Å². The second-order valence-electron chi connectivity index (χ2n) is 4.40. The van der Waals surface area contributed by atoms with Crippen molar-refractivity contribution < 1.29 is 14.6 Å². The van der Waals surface area contributed by atoms with Crippen molar-refractivity contribution >= 4 is 33.0 Å². The lowest BCUT2D eigenvalue weighted by Gasteiger charge is -2.08. The number of carbonyl (C=O) groups is 1. The zero-order valence-corrected chi connectivity index (χ0v) is 12.4. The molecule has 0 atom stereocenters. The highest BCUT2D eigenvalue weighted by Crippen LogP contribution is 2.30. The molecule has 0 radical (unpaired) electrons. The second kappa shape index (κ2) is 5.54. The van der Waals surface area contributed by atoms with Gasteiger partial charge in [-0.1, -0.05) is 40.2 Å². The number of para-hydroxylation sites is 1. The molecular weight excluding hydrogens is 334 g/mol. The molecule has 4 nitrogen and oxygen atoms in total. The third kappa shape index (κ3) is 2.87. The summed E-state index contributed by atoms with van der Waals surface area (Å²) in [6, 6.07) is 16.5. The molecule has 0 amide bonds. The lowest BCUT2D eigenvalue weighted by Crippen LogP contribution is -2.04. The lowest BCUT2D eigenvalue weighted by molar-refractivity contribution is 0.145. The van der Waals surface area contributed by atoms with E-state index < -0.39 is 6.16 Å². The molecule has 0 aliphatic carbocycles. The summed E-state index contributed by atoms with van der Waals surface area (Å²) in [7, 11) is 0. The number of pyridine rings is 1. The zero-order chi connectivity index (χ0) is 14.8. The normalized spacial score (nSPS) is 10.5. The van der Waals surface area contributed by atoms with Crippen molar-refractivity contribution in [3.8, 4) is 17.0 Å². The van der Waals surface area contributed by atoms with Gasteiger partial charge in [-0.25, -0.2) is 9.78 Å². The maximum Gasteiger partial charge on any atom is 0.511 e. The van der Waals surface area contributed by atoms with Crippen LogP contribution in [0.5, 0.6) is 5.75 Å². The quantitative estimate of drug-likeness (QED) is 0.684. The zero-order valence-electron chi connectivity index (χ0n) is 10.8. The summed E-state index contributed by atoms with van der Waals surface area (Å²) in [5, 5.41) is 9.54. The van der Waals surface area contributed by atoms with Gasteiger partial charge in [0.2, 0.25) is 0 Å². The number of rotatable bonds is 2. The SMILES string of the molecule is O=C(O)Oc1cc(-c2ccc(Br)cc2)nc2ccccc12. The van der Waals surface area contributed by atoms with E-state index in [1.54, 1.807) is 12.1 Å². The Morgan fingerprint density at radius 3 is 2.52 bits per heavy atom. The minimum atomic E-state index is -1.34. The summed E-state index contributed by atoms with van der Waals surface area (Å²) in [6.07, 6.45) is -1.34. The highest BCUT2D eigenvalue weighted by Gasteiger charge is 2.11. The molecule has 1 aromatic heterocycles. The summed E-state index contributed by atoms with van der Waals surface area (Å²) in [5.41, 5.74) is 2.24. The van der Waals surface area contributed by atoms with Gasteiger partial charge in [0, 0.05) is 21.5 Å². The second-order valence-corrected chi connectivity index (χ2v) is 5.31. The molecule has 0 bridgehead atoms. The molecule has 104 valence electrons. The molecule has 0 fully saturated rings. The molecule has 2 aromatic carbocycles. The highest BCUT2D eigenvalue weighted by atomic mass is 79.9. The molecule has 21 heavy (non-hydrogen) atoms. The van der Waals surface area contributed by atoms with Gasteiger partial charge in [0.25, 0.3) is 0 Å². The monoisotopic (exact) mass is 343 g/mol. The average molecular weight is 344 g/mol. The minimum absolute atomic E-state index is 0.283. The van der Waals surface area contributed by atoms with Gasteiger partial charge in [-0.15, -0.1) is 0 Å². The van der Waals surface area contributed by atoms with Gasteiger partial charge in [0.15, 0.2) is 0 Å². The summed E-state index contributed by atoms with van der Waals surface area (Å²) >= 11 is 3.38. The number of nitrogens with zero attached hydrogens (tertiary/aromatic N) is 1. The van der Waals surface area contributed by atoms with Crippen LogP contribution in [0.3, 0.4) is 0 Å². The van der Waals surface area contributed by atoms with E-state index in [-0.39, 0.29) is 5.75 Å². The molecule has 1 heterocycles. The van der Waals surface area contributed by atoms with Gasteiger partial charge in [-0.3, -0.25) is 0 Å². The van der Waals surface area contributed by atoms with Crippen LogP contribution in [0.2, 0.25) is 0 Å². The first kappa shape index (κ1) is 13.6. The molecule has 0 saturated heterocycles. The summed E-state index contributed by atoms with van der Waals surface area (Å²) in [4.78, 5) is 15.4. The predicted molar refractivity (Wildman–Crippen MR) is 83.5 cm³/mol. The summed E-state index contributed by atoms with van der Waals surface area (Å²) < 4.78 is 5.85. The minimum Gasteiger partial charge on any atom is -0.449 e. The number of hydrogen-bond acceptors (Lipinski definition) is 3. The fourth-order valence-electron chi connectivity index (χ4n) is 2.09. The Bertz CT molecular complexity index is 815. The van der Waals surface area contributed by atoms with E-state index in [2.05, 4.69) is 20.9 Å². The number of ether oxygens (including phenoxy) is 1. The molecule has 3 rings (SSSR count). The van der Waals surface area contributed by atoms with Crippen LogP contribution < -0.4 is 4.74 Å². The number of halogens is 1. The van der Waals surface area contributed by atoms with Crippen molar-refractivity contribution in [2.75, 3.05) is 0 Å². The molecule has 0 aliphatic heterocycles. The van der Waals surface area contributed by atoms with Gasteiger partial charge in [0.05, 0.1) is 11.2 Å². The van der Waals surface area contributed by atoms with E-state index >= 15 is 0 Å². The maximum absolute atomic E-state index is 10.9. The Balaban J connectivity index is 2.19. The molecule has 3 aromatic rings. The number of hydrogen-bond donors (Lipinski definition) is 1. The highest BCUT2D eigenvalue weighted by molar-refractivity contribution is 9.10. The number of benzene rings is 2. The first-order valence-corrected chi connectivity index (χ1v) is 6.99. The molecular formula is C16H10BrNO3. The number of aromatic nitrogens is 1. The first-order chi connectivity index (χ1) is 10.1. The molecule has 0 spiro atoms. The third-order valence-corrected chi connectivity index (χ3v) is 3.54. The Morgan fingerprint density at radius 2 is 1.81 bits per heavy atom. The molecule has 0 saturated carbocycles. The van der Waals surface area contributed by atoms with Crippen LogP contribution in [0.15, 0.2) is 59.1 Å². The van der Waals surface area contributed by atoms with E-state index in [1.807, 2.05) is 42.5 Å². The average Bonchev–Trinajstić information content (AvgIpc) is 2.47. The van der Waals surface area contributed by atoms with Crippen LogP contribution in [-0.4, -0.2) is 16.2 Å². The molecule has 0 unspecified atom stereocenters. The van der Waals surface area contributed by atoms with Crippen molar-refractivity contribution in [1.82, 2.24) is 4.98 Å². The largest absolute Gasteiger partial charge is 0.511 e. The fraction of sp³-hybridized carbons (Fsp3) is 0. The Labute approximate surface area is 129 Å². The van der Waals surface area contributed by atoms with Gasteiger partial charge in [-0.05, 0) is 24.3 Å². The van der Waals surface area contributed by atoms with Crippen molar-refractivity contribution in [3.05, 3.63) is 59.1 Å². The van der Waals surface area contributed by atoms with Crippen LogP contribution in [-0.2, 0) is 0 Å². The Hall–Kier alpha value is -2.40. The molecule has 0 aliphatic rings. The van der Waals surface area contributed by atoms with Gasteiger partial charge < -0.3 is 9.84 Å². The first-order valence-electron chi connectivity index (χ1n) is 6.20. The maximum atomic E-state index is 10.9. The lowest BCUT2D eigenvalue weighted by atomic mass is 10.1. The van der Waals surface area contributed by atoms with E-state index in [4.69, 9.17) is 9.84 Å². The van der Waals surface area contributed by atoms with Gasteiger partial charge in [-0.2, -0.15) is 0 Å². The predicted octanol–water partition coefficient (Wildman–Crippen LogP) is 4.72. The number of fused-ring (bicyclic) bond motifs is 1. The van der Waals surface area contributed by atoms with E-state index in [1.165, 1.54) is 0 Å². The topological polar surface area (TPSA) is 59.4 Å². The summed E-state index contributed by atoms with van der Waals surface area (Å²) in [5.74, 6) is 0.283.